The van der Waals surface area contributed by atoms with Crippen molar-refractivity contribution in [2.75, 3.05) is 5.32 Å². The number of nitrogens with zero attached hydrogens (tertiary/aromatic N) is 1. The van der Waals surface area contributed by atoms with Gasteiger partial charge in [0.25, 0.3) is 0 Å². The fourth-order valence-corrected chi connectivity index (χ4v) is 3.21. The van der Waals surface area contributed by atoms with Crippen LogP contribution < -0.4 is 10.7 Å². The Bertz CT molecular complexity index is 1030. The second-order valence-corrected chi connectivity index (χ2v) is 6.50. The zero-order valence-corrected chi connectivity index (χ0v) is 15.2. The highest BCUT2D eigenvalue weighted by atomic mass is 35.5. The lowest BCUT2D eigenvalue weighted by atomic mass is 10.1. The van der Waals surface area contributed by atoms with Gasteiger partial charge in [-0.15, -0.1) is 0 Å². The fraction of sp³-hybridized carbons (Fsp3) is 0.200. The minimum absolute atomic E-state index is 0.0257. The number of carboxylic acid groups (broad SMARTS) is 1. The number of carboxylic acids is 1. The second-order valence-electron chi connectivity index (χ2n) is 6.09. The first-order valence-electron chi connectivity index (χ1n) is 8.33. The molecule has 1 aromatic heterocycles. The van der Waals surface area contributed by atoms with Crippen LogP contribution in [0.25, 0.3) is 10.9 Å². The van der Waals surface area contributed by atoms with Crippen molar-refractivity contribution in [3.05, 3.63) is 75.0 Å². The maximum Gasteiger partial charge on any atom is 0.341 e. The lowest BCUT2D eigenvalue weighted by molar-refractivity contribution is 0.0695. The third kappa shape index (κ3) is 3.30. The Labute approximate surface area is 155 Å². The molecule has 0 aliphatic heterocycles. The Hall–Kier alpha value is -2.79. The van der Waals surface area contributed by atoms with E-state index >= 15 is 0 Å². The minimum atomic E-state index is -1.23. The Morgan fingerprint density at radius 3 is 2.58 bits per heavy atom. The molecule has 0 spiro atoms. The van der Waals surface area contributed by atoms with Gasteiger partial charge in [0.1, 0.15) is 5.56 Å². The number of benzene rings is 2. The Morgan fingerprint density at radius 2 is 1.96 bits per heavy atom. The Morgan fingerprint density at radius 1 is 1.27 bits per heavy atom. The quantitative estimate of drug-likeness (QED) is 0.691. The summed E-state index contributed by atoms with van der Waals surface area (Å²) in [6.45, 7) is 4.40. The highest BCUT2D eigenvalue weighted by Gasteiger charge is 2.17. The van der Waals surface area contributed by atoms with Crippen molar-refractivity contribution < 1.29 is 9.90 Å². The minimum Gasteiger partial charge on any atom is -0.477 e. The average molecular weight is 371 g/mol. The van der Waals surface area contributed by atoms with Crippen molar-refractivity contribution in [1.29, 1.82) is 0 Å². The SMILES string of the molecule is CCn1cc(C(=O)O)c(=O)c2cc(NC(C)c3ccccc3)c(Cl)cc21. The summed E-state index contributed by atoms with van der Waals surface area (Å²) in [5.41, 5.74) is 1.53. The monoisotopic (exact) mass is 370 g/mol. The predicted molar refractivity (Wildman–Crippen MR) is 104 cm³/mol. The zero-order valence-electron chi connectivity index (χ0n) is 14.5. The molecule has 0 bridgehead atoms. The maximum atomic E-state index is 12.6. The van der Waals surface area contributed by atoms with E-state index < -0.39 is 11.4 Å². The molecule has 2 aromatic carbocycles. The molecule has 3 aromatic rings. The number of nitrogens with one attached hydrogen (secondary N) is 1. The van der Waals surface area contributed by atoms with Gasteiger partial charge < -0.3 is 15.0 Å². The van der Waals surface area contributed by atoms with E-state index in [-0.39, 0.29) is 11.6 Å². The van der Waals surface area contributed by atoms with Crippen LogP contribution in [0.4, 0.5) is 5.69 Å². The number of rotatable bonds is 5. The number of fused-ring (bicyclic) bond motifs is 1. The third-order valence-corrected chi connectivity index (χ3v) is 4.72. The third-order valence-electron chi connectivity index (χ3n) is 4.41. The van der Waals surface area contributed by atoms with Crippen LogP contribution in [-0.2, 0) is 6.54 Å². The largest absolute Gasteiger partial charge is 0.477 e. The van der Waals surface area contributed by atoms with Gasteiger partial charge in [0.2, 0.25) is 5.43 Å². The smallest absolute Gasteiger partial charge is 0.341 e. The van der Waals surface area contributed by atoms with Crippen molar-refractivity contribution in [2.24, 2.45) is 0 Å². The summed E-state index contributed by atoms with van der Waals surface area (Å²) in [7, 11) is 0. The number of aromatic carboxylic acids is 1. The number of hydrogen-bond donors (Lipinski definition) is 2. The molecule has 0 amide bonds. The van der Waals surface area contributed by atoms with E-state index in [1.54, 1.807) is 16.7 Å². The van der Waals surface area contributed by atoms with Gasteiger partial charge in [-0.25, -0.2) is 4.79 Å². The number of carbonyl (C=O) groups is 1. The standard InChI is InChI=1S/C20H19ClN2O3/c1-3-23-11-15(20(25)26)19(24)14-9-17(16(21)10-18(14)23)22-12(2)13-7-5-4-6-8-13/h4-12,22H,3H2,1-2H3,(H,25,26). The first kappa shape index (κ1) is 18.0. The summed E-state index contributed by atoms with van der Waals surface area (Å²) < 4.78 is 1.72. The van der Waals surface area contributed by atoms with Crippen molar-refractivity contribution in [2.45, 2.75) is 26.4 Å². The van der Waals surface area contributed by atoms with Gasteiger partial charge in [0.15, 0.2) is 0 Å². The molecule has 0 aliphatic rings. The first-order chi connectivity index (χ1) is 12.4. The lowest BCUT2D eigenvalue weighted by Crippen LogP contribution is -2.19. The van der Waals surface area contributed by atoms with Crippen molar-refractivity contribution in [1.82, 2.24) is 4.57 Å². The molecule has 0 saturated heterocycles. The van der Waals surface area contributed by atoms with Crippen molar-refractivity contribution >= 4 is 34.2 Å². The molecule has 1 unspecified atom stereocenters. The number of pyridine rings is 1. The van der Waals surface area contributed by atoms with Crippen LogP contribution in [0.2, 0.25) is 5.02 Å². The molecule has 0 saturated carbocycles. The maximum absolute atomic E-state index is 12.6. The van der Waals surface area contributed by atoms with Crippen LogP contribution in [0.5, 0.6) is 0 Å². The van der Waals surface area contributed by atoms with E-state index in [0.717, 1.165) is 5.56 Å². The molecule has 0 fully saturated rings. The second kappa shape index (κ2) is 7.22. The number of aromatic nitrogens is 1. The Balaban J connectivity index is 2.13. The van der Waals surface area contributed by atoms with Crippen LogP contribution >= 0.6 is 11.6 Å². The van der Waals surface area contributed by atoms with Gasteiger partial charge >= 0.3 is 5.97 Å². The molecule has 0 aliphatic carbocycles. The molecule has 1 atom stereocenters. The van der Waals surface area contributed by atoms with Crippen LogP contribution in [0.1, 0.15) is 35.8 Å². The number of hydrogen-bond acceptors (Lipinski definition) is 3. The summed E-state index contributed by atoms with van der Waals surface area (Å²) >= 11 is 6.42. The van der Waals surface area contributed by atoms with Gasteiger partial charge in [-0.2, -0.15) is 0 Å². The summed E-state index contributed by atoms with van der Waals surface area (Å²) in [5, 5.41) is 13.4. The molecule has 2 N–H and O–H groups in total. The topological polar surface area (TPSA) is 71.3 Å². The van der Waals surface area contributed by atoms with E-state index in [1.165, 1.54) is 6.20 Å². The molecule has 1 heterocycles. The highest BCUT2D eigenvalue weighted by molar-refractivity contribution is 6.34. The summed E-state index contributed by atoms with van der Waals surface area (Å²) in [6.07, 6.45) is 1.36. The van der Waals surface area contributed by atoms with Crippen LogP contribution in [0, 0.1) is 0 Å². The predicted octanol–water partition coefficient (Wildman–Crippen LogP) is 4.55. The van der Waals surface area contributed by atoms with Gasteiger partial charge in [-0.1, -0.05) is 41.9 Å². The van der Waals surface area contributed by atoms with Crippen LogP contribution in [-0.4, -0.2) is 15.6 Å². The van der Waals surface area contributed by atoms with E-state index in [2.05, 4.69) is 5.32 Å². The number of aryl methyl sites for hydroxylation is 1. The fourth-order valence-electron chi connectivity index (χ4n) is 2.99. The Kier molecular flexibility index (Phi) is 5.00. The van der Waals surface area contributed by atoms with Gasteiger partial charge in [-0.05, 0) is 31.5 Å². The number of anilines is 1. The normalized spacial score (nSPS) is 12.1. The van der Waals surface area contributed by atoms with Gasteiger partial charge in [0.05, 0.1) is 16.2 Å². The summed E-state index contributed by atoms with van der Waals surface area (Å²) in [5.74, 6) is -1.23. The van der Waals surface area contributed by atoms with E-state index in [9.17, 15) is 14.7 Å². The molecule has 134 valence electrons. The molecule has 6 heteroatoms. The van der Waals surface area contributed by atoms with Gasteiger partial charge in [-0.3, -0.25) is 4.79 Å². The van der Waals surface area contributed by atoms with E-state index in [4.69, 9.17) is 11.6 Å². The first-order valence-corrected chi connectivity index (χ1v) is 8.71. The summed E-state index contributed by atoms with van der Waals surface area (Å²) in [4.78, 5) is 24.0. The lowest BCUT2D eigenvalue weighted by Gasteiger charge is -2.18. The van der Waals surface area contributed by atoms with E-state index in [0.29, 0.717) is 28.2 Å². The average Bonchev–Trinajstić information content (AvgIpc) is 2.63. The summed E-state index contributed by atoms with van der Waals surface area (Å²) in [6, 6.07) is 13.2. The molecule has 26 heavy (non-hydrogen) atoms. The highest BCUT2D eigenvalue weighted by Crippen LogP contribution is 2.30. The van der Waals surface area contributed by atoms with Crippen molar-refractivity contribution in [3.63, 3.8) is 0 Å². The molecule has 5 nitrogen and oxygen atoms in total. The molecule has 3 rings (SSSR count). The molecular weight excluding hydrogens is 352 g/mol. The van der Waals surface area contributed by atoms with Crippen LogP contribution in [0.15, 0.2) is 53.5 Å². The zero-order chi connectivity index (χ0) is 18.8. The molecular formula is C20H19ClN2O3. The number of halogens is 1. The van der Waals surface area contributed by atoms with E-state index in [1.807, 2.05) is 44.2 Å². The molecule has 0 radical (unpaired) electrons. The van der Waals surface area contributed by atoms with Crippen LogP contribution in [0.3, 0.4) is 0 Å². The van der Waals surface area contributed by atoms with Gasteiger partial charge in [0, 0.05) is 24.2 Å². The van der Waals surface area contributed by atoms with Crippen molar-refractivity contribution in [3.8, 4) is 0 Å².